The number of aromatic nitrogens is 2. The smallest absolute Gasteiger partial charge is 0.342 e. The first-order valence-electron chi connectivity index (χ1n) is 3.48. The number of hydrogen-bond donors (Lipinski definition) is 2. The number of aryl methyl sites for hydroxylation is 1. The molecule has 0 aliphatic rings. The molecule has 13 heavy (non-hydrogen) atoms. The number of aromatic amines is 1. The molecular formula is C7H5ClN2O3. The number of carboxylic acid groups (broad SMARTS) is 1. The molecule has 0 aromatic carbocycles. The third-order valence-corrected chi connectivity index (χ3v) is 2.04. The summed E-state index contributed by atoms with van der Waals surface area (Å²) in [6.45, 7) is 1.70. The molecule has 0 saturated heterocycles. The van der Waals surface area contributed by atoms with E-state index in [1.165, 1.54) is 0 Å². The molecule has 0 aliphatic heterocycles. The van der Waals surface area contributed by atoms with Crippen LogP contribution in [0.2, 0.25) is 5.15 Å². The Balaban J connectivity index is 2.86. The second kappa shape index (κ2) is 2.50. The van der Waals surface area contributed by atoms with E-state index < -0.39 is 5.97 Å². The van der Waals surface area contributed by atoms with Gasteiger partial charge in [0.05, 0.1) is 0 Å². The first kappa shape index (κ1) is 8.12. The van der Waals surface area contributed by atoms with Crippen molar-refractivity contribution in [3.05, 3.63) is 16.4 Å². The zero-order valence-corrected chi connectivity index (χ0v) is 7.34. The lowest BCUT2D eigenvalue weighted by atomic mass is 10.3. The van der Waals surface area contributed by atoms with Crippen LogP contribution in [0, 0.1) is 6.92 Å². The Hall–Kier alpha value is -1.49. The van der Waals surface area contributed by atoms with E-state index in [0.717, 1.165) is 0 Å². The van der Waals surface area contributed by atoms with Crippen molar-refractivity contribution in [3.63, 3.8) is 0 Å². The third kappa shape index (κ3) is 1.01. The summed E-state index contributed by atoms with van der Waals surface area (Å²) in [4.78, 5) is 13.4. The zero-order valence-electron chi connectivity index (χ0n) is 6.59. The van der Waals surface area contributed by atoms with Gasteiger partial charge in [-0.2, -0.15) is 0 Å². The predicted molar refractivity (Wildman–Crippen MR) is 45.1 cm³/mol. The predicted octanol–water partition coefficient (Wildman–Crippen LogP) is 1.82. The van der Waals surface area contributed by atoms with Gasteiger partial charge in [0.15, 0.2) is 0 Å². The fourth-order valence-electron chi connectivity index (χ4n) is 1.15. The molecule has 0 amide bonds. The van der Waals surface area contributed by atoms with Crippen molar-refractivity contribution in [1.29, 1.82) is 0 Å². The monoisotopic (exact) mass is 200 g/mol. The van der Waals surface area contributed by atoms with Crippen LogP contribution >= 0.6 is 11.6 Å². The Labute approximate surface area is 77.3 Å². The van der Waals surface area contributed by atoms with Gasteiger partial charge in [0.25, 0.3) is 0 Å². The molecule has 2 heterocycles. The summed E-state index contributed by atoms with van der Waals surface area (Å²) in [5, 5.41) is 12.4. The first-order valence-corrected chi connectivity index (χ1v) is 3.85. The highest BCUT2D eigenvalue weighted by Gasteiger charge is 2.21. The van der Waals surface area contributed by atoms with E-state index in [1.807, 2.05) is 0 Å². The van der Waals surface area contributed by atoms with E-state index in [1.54, 1.807) is 6.92 Å². The van der Waals surface area contributed by atoms with E-state index in [0.29, 0.717) is 11.2 Å². The van der Waals surface area contributed by atoms with Gasteiger partial charge in [-0.25, -0.2) is 4.79 Å². The average molecular weight is 201 g/mol. The SMILES string of the molecule is Cc1noc2c(C(=O)O)c(Cl)[nH]c12. The van der Waals surface area contributed by atoms with Crippen LogP contribution in [-0.4, -0.2) is 21.2 Å². The summed E-state index contributed by atoms with van der Waals surface area (Å²) in [5.41, 5.74) is 1.24. The van der Waals surface area contributed by atoms with Crippen LogP contribution in [0.3, 0.4) is 0 Å². The molecule has 0 spiro atoms. The van der Waals surface area contributed by atoms with Crippen molar-refractivity contribution < 1.29 is 14.4 Å². The maximum atomic E-state index is 10.7. The van der Waals surface area contributed by atoms with E-state index in [2.05, 4.69) is 10.1 Å². The molecule has 2 rings (SSSR count). The van der Waals surface area contributed by atoms with Crippen LogP contribution in [0.25, 0.3) is 11.1 Å². The van der Waals surface area contributed by atoms with Gasteiger partial charge in [0.2, 0.25) is 5.58 Å². The maximum Gasteiger partial charge on any atom is 0.342 e. The Morgan fingerprint density at radius 1 is 1.69 bits per heavy atom. The minimum absolute atomic E-state index is 0.0618. The zero-order chi connectivity index (χ0) is 9.59. The third-order valence-electron chi connectivity index (χ3n) is 1.76. The molecule has 0 radical (unpaired) electrons. The number of rotatable bonds is 1. The lowest BCUT2D eigenvalue weighted by molar-refractivity contribution is 0.0697. The number of nitrogens with zero attached hydrogens (tertiary/aromatic N) is 1. The highest BCUT2D eigenvalue weighted by molar-refractivity contribution is 6.34. The van der Waals surface area contributed by atoms with Crippen LogP contribution in [0.4, 0.5) is 0 Å². The van der Waals surface area contributed by atoms with Gasteiger partial charge in [-0.15, -0.1) is 0 Å². The fourth-order valence-corrected chi connectivity index (χ4v) is 1.41. The second-order valence-electron chi connectivity index (χ2n) is 2.59. The van der Waals surface area contributed by atoms with Crippen LogP contribution in [0.5, 0.6) is 0 Å². The van der Waals surface area contributed by atoms with E-state index >= 15 is 0 Å². The lowest BCUT2D eigenvalue weighted by Crippen LogP contribution is -1.94. The Bertz CT molecular complexity index is 485. The summed E-state index contributed by atoms with van der Waals surface area (Å²) >= 11 is 5.65. The maximum absolute atomic E-state index is 10.7. The summed E-state index contributed by atoms with van der Waals surface area (Å²) in [6.07, 6.45) is 0. The minimum atomic E-state index is -1.13. The number of hydrogen-bond acceptors (Lipinski definition) is 3. The van der Waals surface area contributed by atoms with Crippen LogP contribution in [0.15, 0.2) is 4.52 Å². The van der Waals surface area contributed by atoms with E-state index in [9.17, 15) is 4.79 Å². The summed E-state index contributed by atoms with van der Waals surface area (Å²) in [5.74, 6) is -1.13. The molecule has 2 aromatic rings. The van der Waals surface area contributed by atoms with Crippen molar-refractivity contribution in [2.24, 2.45) is 0 Å². The van der Waals surface area contributed by atoms with Crippen molar-refractivity contribution in [3.8, 4) is 0 Å². The molecule has 5 nitrogen and oxygen atoms in total. The van der Waals surface area contributed by atoms with Gasteiger partial charge in [0.1, 0.15) is 21.9 Å². The molecule has 2 aromatic heterocycles. The van der Waals surface area contributed by atoms with Gasteiger partial charge >= 0.3 is 5.97 Å². The van der Waals surface area contributed by atoms with Crippen molar-refractivity contribution >= 4 is 28.7 Å². The highest BCUT2D eigenvalue weighted by atomic mass is 35.5. The van der Waals surface area contributed by atoms with Gasteiger partial charge in [-0.3, -0.25) is 0 Å². The summed E-state index contributed by atoms with van der Waals surface area (Å²) in [7, 11) is 0. The van der Waals surface area contributed by atoms with Gasteiger partial charge in [-0.1, -0.05) is 16.8 Å². The Kier molecular flexibility index (Phi) is 1.56. The molecule has 0 saturated carbocycles. The molecule has 0 aliphatic carbocycles. The molecule has 0 fully saturated rings. The van der Waals surface area contributed by atoms with Gasteiger partial charge in [0, 0.05) is 0 Å². The molecule has 0 atom stereocenters. The van der Waals surface area contributed by atoms with Crippen molar-refractivity contribution in [1.82, 2.24) is 10.1 Å². The van der Waals surface area contributed by atoms with Gasteiger partial charge < -0.3 is 14.6 Å². The minimum Gasteiger partial charge on any atom is -0.477 e. The van der Waals surface area contributed by atoms with Gasteiger partial charge in [-0.05, 0) is 6.92 Å². The quantitative estimate of drug-likeness (QED) is 0.736. The Morgan fingerprint density at radius 3 is 3.00 bits per heavy atom. The first-order chi connectivity index (χ1) is 6.11. The molecule has 6 heteroatoms. The summed E-state index contributed by atoms with van der Waals surface area (Å²) < 4.78 is 4.82. The summed E-state index contributed by atoms with van der Waals surface area (Å²) in [6, 6.07) is 0. The largest absolute Gasteiger partial charge is 0.477 e. The number of aromatic carboxylic acids is 1. The molecule has 0 bridgehead atoms. The fraction of sp³-hybridized carbons (Fsp3) is 0.143. The standard InChI is InChI=1S/C7H5ClN2O3/c1-2-4-5(13-10-2)3(7(11)12)6(8)9-4/h9H,1H3,(H,11,12). The molecule has 2 N–H and O–H groups in total. The number of fused-ring (bicyclic) bond motifs is 1. The molecule has 68 valence electrons. The van der Waals surface area contributed by atoms with E-state index in [-0.39, 0.29) is 16.3 Å². The number of nitrogens with one attached hydrogen (secondary N) is 1. The topological polar surface area (TPSA) is 79.1 Å². The number of H-pyrrole nitrogens is 1. The number of halogens is 1. The van der Waals surface area contributed by atoms with Crippen molar-refractivity contribution in [2.75, 3.05) is 0 Å². The normalized spacial score (nSPS) is 10.9. The second-order valence-corrected chi connectivity index (χ2v) is 2.97. The van der Waals surface area contributed by atoms with Crippen LogP contribution in [-0.2, 0) is 0 Å². The number of carbonyl (C=O) groups is 1. The molecule has 0 unspecified atom stereocenters. The van der Waals surface area contributed by atoms with E-state index in [4.69, 9.17) is 21.2 Å². The highest BCUT2D eigenvalue weighted by Crippen LogP contribution is 2.27. The molecular weight excluding hydrogens is 196 g/mol. The van der Waals surface area contributed by atoms with Crippen LogP contribution in [0.1, 0.15) is 16.1 Å². The average Bonchev–Trinajstić information content (AvgIpc) is 2.51. The van der Waals surface area contributed by atoms with Crippen LogP contribution < -0.4 is 0 Å². The Morgan fingerprint density at radius 2 is 2.38 bits per heavy atom. The number of carboxylic acids is 1. The lowest BCUT2D eigenvalue weighted by Gasteiger charge is -1.86. The van der Waals surface area contributed by atoms with Crippen molar-refractivity contribution in [2.45, 2.75) is 6.92 Å².